The zero-order valence-electron chi connectivity index (χ0n) is 8.97. The van der Waals surface area contributed by atoms with Crippen molar-refractivity contribution < 1.29 is 24.2 Å². The molecule has 18 heavy (non-hydrogen) atoms. The van der Waals surface area contributed by atoms with Gasteiger partial charge >= 0.3 is 12.0 Å². The van der Waals surface area contributed by atoms with Crippen molar-refractivity contribution in [1.82, 2.24) is 5.32 Å². The van der Waals surface area contributed by atoms with Crippen molar-refractivity contribution in [2.45, 2.75) is 0 Å². The Morgan fingerprint density at radius 3 is 2.61 bits per heavy atom. The smallest absolute Gasteiger partial charge is 0.339 e. The number of hydrogen-bond acceptors (Lipinski definition) is 4. The number of aromatic carboxylic acids is 1. The molecule has 7 nitrogen and oxygen atoms in total. The lowest BCUT2D eigenvalue weighted by Crippen LogP contribution is -2.38. The van der Waals surface area contributed by atoms with Crippen LogP contribution in [0.4, 0.5) is 4.79 Å². The number of primary amides is 1. The minimum Gasteiger partial charge on any atom is -0.483 e. The van der Waals surface area contributed by atoms with E-state index in [1.165, 1.54) is 18.2 Å². The summed E-state index contributed by atoms with van der Waals surface area (Å²) >= 11 is 5.63. The van der Waals surface area contributed by atoms with Gasteiger partial charge in [-0.05, 0) is 18.2 Å². The van der Waals surface area contributed by atoms with Crippen LogP contribution in [0.5, 0.6) is 5.75 Å². The lowest BCUT2D eigenvalue weighted by molar-refractivity contribution is -0.121. The number of nitrogens with one attached hydrogen (secondary N) is 1. The molecule has 4 N–H and O–H groups in total. The number of benzene rings is 1. The zero-order valence-corrected chi connectivity index (χ0v) is 9.73. The van der Waals surface area contributed by atoms with Gasteiger partial charge < -0.3 is 15.6 Å². The first-order chi connectivity index (χ1) is 8.40. The second-order valence-corrected chi connectivity index (χ2v) is 3.58. The highest BCUT2D eigenvalue weighted by molar-refractivity contribution is 6.31. The molecule has 1 aromatic rings. The number of halogens is 1. The van der Waals surface area contributed by atoms with Crippen LogP contribution in [0, 0.1) is 0 Å². The summed E-state index contributed by atoms with van der Waals surface area (Å²) in [5, 5.41) is 10.9. The first-order valence-corrected chi connectivity index (χ1v) is 5.03. The van der Waals surface area contributed by atoms with E-state index in [-0.39, 0.29) is 16.3 Å². The summed E-state index contributed by atoms with van der Waals surface area (Å²) in [5.74, 6) is -2.07. The number of amides is 3. The van der Waals surface area contributed by atoms with E-state index in [0.717, 1.165) is 0 Å². The molecule has 0 aliphatic heterocycles. The van der Waals surface area contributed by atoms with Crippen molar-refractivity contribution >= 4 is 29.5 Å². The van der Waals surface area contributed by atoms with Gasteiger partial charge in [0.1, 0.15) is 11.3 Å². The second-order valence-electron chi connectivity index (χ2n) is 3.15. The molecule has 0 radical (unpaired) electrons. The summed E-state index contributed by atoms with van der Waals surface area (Å²) in [6.45, 7) is -0.537. The molecule has 8 heteroatoms. The Balaban J connectivity index is 2.76. The minimum absolute atomic E-state index is 0.0356. The quantitative estimate of drug-likeness (QED) is 0.742. The third kappa shape index (κ3) is 3.95. The minimum atomic E-state index is -1.25. The number of carbonyl (C=O) groups excluding carboxylic acids is 2. The van der Waals surface area contributed by atoms with Gasteiger partial charge in [-0.2, -0.15) is 0 Å². The molecule has 96 valence electrons. The van der Waals surface area contributed by atoms with Crippen molar-refractivity contribution in [1.29, 1.82) is 0 Å². The summed E-state index contributed by atoms with van der Waals surface area (Å²) in [6, 6.07) is 2.89. The van der Waals surface area contributed by atoms with E-state index in [4.69, 9.17) is 27.2 Å². The number of urea groups is 1. The molecule has 0 heterocycles. The van der Waals surface area contributed by atoms with Crippen LogP contribution in [0.2, 0.25) is 5.02 Å². The Kier molecular flexibility index (Phi) is 4.50. The van der Waals surface area contributed by atoms with Gasteiger partial charge in [0.15, 0.2) is 6.61 Å². The van der Waals surface area contributed by atoms with E-state index in [2.05, 4.69) is 0 Å². The molecule has 3 amide bonds. The number of carboxylic acid groups (broad SMARTS) is 1. The van der Waals surface area contributed by atoms with Crippen molar-refractivity contribution in [2.24, 2.45) is 5.73 Å². The maximum atomic E-state index is 11.1. The fourth-order valence-electron chi connectivity index (χ4n) is 1.11. The van der Waals surface area contributed by atoms with E-state index in [1.807, 2.05) is 0 Å². The Morgan fingerprint density at radius 2 is 2.06 bits per heavy atom. The van der Waals surface area contributed by atoms with Gasteiger partial charge in [-0.3, -0.25) is 10.1 Å². The van der Waals surface area contributed by atoms with Crippen LogP contribution in [-0.2, 0) is 4.79 Å². The molecule has 0 saturated heterocycles. The molecular weight excluding hydrogens is 264 g/mol. The van der Waals surface area contributed by atoms with E-state index in [0.29, 0.717) is 0 Å². The molecule has 0 aromatic heterocycles. The van der Waals surface area contributed by atoms with E-state index >= 15 is 0 Å². The van der Waals surface area contributed by atoms with Gasteiger partial charge in [-0.15, -0.1) is 0 Å². The van der Waals surface area contributed by atoms with Crippen LogP contribution in [0.25, 0.3) is 0 Å². The summed E-state index contributed by atoms with van der Waals surface area (Å²) in [5.41, 5.74) is 4.54. The Morgan fingerprint density at radius 1 is 1.39 bits per heavy atom. The summed E-state index contributed by atoms with van der Waals surface area (Å²) in [6.07, 6.45) is 0. The maximum Gasteiger partial charge on any atom is 0.339 e. The number of ether oxygens (including phenoxy) is 1. The molecule has 0 aliphatic rings. The van der Waals surface area contributed by atoms with Gasteiger partial charge in [-0.1, -0.05) is 11.6 Å². The predicted molar refractivity (Wildman–Crippen MR) is 61.6 cm³/mol. The highest BCUT2D eigenvalue weighted by Gasteiger charge is 2.13. The van der Waals surface area contributed by atoms with Crippen LogP contribution in [0.15, 0.2) is 18.2 Å². The second kappa shape index (κ2) is 5.87. The summed E-state index contributed by atoms with van der Waals surface area (Å²) in [7, 11) is 0. The van der Waals surface area contributed by atoms with Gasteiger partial charge in [0.05, 0.1) is 0 Å². The van der Waals surface area contributed by atoms with Crippen LogP contribution in [0.1, 0.15) is 10.4 Å². The number of hydrogen-bond donors (Lipinski definition) is 3. The predicted octanol–water partition coefficient (Wildman–Crippen LogP) is 0.612. The highest BCUT2D eigenvalue weighted by atomic mass is 35.5. The lowest BCUT2D eigenvalue weighted by Gasteiger charge is -2.08. The molecule has 0 saturated carbocycles. The van der Waals surface area contributed by atoms with Gasteiger partial charge in [-0.25, -0.2) is 9.59 Å². The van der Waals surface area contributed by atoms with Crippen LogP contribution >= 0.6 is 11.6 Å². The number of rotatable bonds is 4. The molecule has 0 spiro atoms. The molecule has 0 aliphatic carbocycles. The third-order valence-corrected chi connectivity index (χ3v) is 2.03. The first-order valence-electron chi connectivity index (χ1n) is 4.65. The molecule has 0 bridgehead atoms. The summed E-state index contributed by atoms with van der Waals surface area (Å²) < 4.78 is 4.96. The monoisotopic (exact) mass is 272 g/mol. The van der Waals surface area contributed by atoms with E-state index in [9.17, 15) is 14.4 Å². The van der Waals surface area contributed by atoms with Crippen LogP contribution in [-0.4, -0.2) is 29.6 Å². The Hall–Kier alpha value is -2.28. The Labute approximate surface area is 106 Å². The lowest BCUT2D eigenvalue weighted by atomic mass is 10.2. The first kappa shape index (κ1) is 13.8. The normalized spacial score (nSPS) is 9.61. The maximum absolute atomic E-state index is 11.1. The average Bonchev–Trinajstić information content (AvgIpc) is 2.26. The number of imide groups is 1. The SMILES string of the molecule is NC(=O)NC(=O)COc1ccc(Cl)cc1C(=O)O. The molecule has 0 unspecified atom stereocenters. The molecule has 1 rings (SSSR count). The van der Waals surface area contributed by atoms with E-state index < -0.39 is 24.5 Å². The van der Waals surface area contributed by atoms with Crippen molar-refractivity contribution in [2.75, 3.05) is 6.61 Å². The van der Waals surface area contributed by atoms with Crippen LogP contribution < -0.4 is 15.8 Å². The van der Waals surface area contributed by atoms with Crippen molar-refractivity contribution in [3.63, 3.8) is 0 Å². The fourth-order valence-corrected chi connectivity index (χ4v) is 1.28. The standard InChI is InChI=1S/C10H9ClN2O5/c11-5-1-2-7(6(3-5)9(15)16)18-4-8(14)13-10(12)17/h1-3H,4H2,(H,15,16)(H3,12,13,14,17). The topological polar surface area (TPSA) is 119 Å². The zero-order chi connectivity index (χ0) is 13.7. The number of carbonyl (C=O) groups is 3. The van der Waals surface area contributed by atoms with Gasteiger partial charge in [0, 0.05) is 5.02 Å². The Bertz CT molecular complexity index is 503. The molecule has 0 atom stereocenters. The largest absolute Gasteiger partial charge is 0.483 e. The van der Waals surface area contributed by atoms with E-state index in [1.54, 1.807) is 5.32 Å². The molecule has 1 aromatic carbocycles. The van der Waals surface area contributed by atoms with Crippen LogP contribution in [0.3, 0.4) is 0 Å². The van der Waals surface area contributed by atoms with Gasteiger partial charge in [0.25, 0.3) is 5.91 Å². The van der Waals surface area contributed by atoms with Crippen molar-refractivity contribution in [3.05, 3.63) is 28.8 Å². The average molecular weight is 273 g/mol. The molecule has 0 fully saturated rings. The fraction of sp³-hybridized carbons (Fsp3) is 0.100. The highest BCUT2D eigenvalue weighted by Crippen LogP contribution is 2.22. The van der Waals surface area contributed by atoms with Gasteiger partial charge in [0.2, 0.25) is 0 Å². The van der Waals surface area contributed by atoms with Crippen molar-refractivity contribution in [3.8, 4) is 5.75 Å². The molecular formula is C10H9ClN2O5. The third-order valence-electron chi connectivity index (χ3n) is 1.79. The number of carboxylic acids is 1. The number of nitrogens with two attached hydrogens (primary N) is 1. The summed E-state index contributed by atoms with van der Waals surface area (Å²) in [4.78, 5) is 32.3.